The molecule has 0 aromatic carbocycles. The summed E-state index contributed by atoms with van der Waals surface area (Å²) in [4.78, 5) is 3.90. The summed E-state index contributed by atoms with van der Waals surface area (Å²) in [6, 6.07) is 7.48. The number of rotatable bonds is 1. The van der Waals surface area contributed by atoms with Gasteiger partial charge in [0.15, 0.2) is 0 Å². The maximum absolute atomic E-state index is 8.83. The van der Waals surface area contributed by atoms with Gasteiger partial charge in [-0.3, -0.25) is 0 Å². The van der Waals surface area contributed by atoms with Crippen LogP contribution in [0.25, 0.3) is 0 Å². The van der Waals surface area contributed by atoms with Crippen molar-refractivity contribution in [1.82, 2.24) is 4.98 Å². The zero-order valence-corrected chi connectivity index (χ0v) is 7.57. The SMILES string of the molecule is CC(C)(C#N)c1ccc(C#N)nc1. The van der Waals surface area contributed by atoms with Crippen molar-refractivity contribution < 1.29 is 0 Å². The minimum absolute atomic E-state index is 0.373. The molecule has 0 radical (unpaired) electrons. The first-order chi connectivity index (χ1) is 6.10. The molecule has 0 spiro atoms. The summed E-state index contributed by atoms with van der Waals surface area (Å²) in [5, 5.41) is 17.3. The summed E-state index contributed by atoms with van der Waals surface area (Å²) in [5.41, 5.74) is 0.660. The second kappa shape index (κ2) is 3.25. The second-order valence-electron chi connectivity index (χ2n) is 3.28. The number of hydrogen-bond donors (Lipinski definition) is 0. The molecule has 3 heteroatoms. The molecule has 0 aliphatic rings. The molecule has 1 heterocycles. The smallest absolute Gasteiger partial charge is 0.140 e. The van der Waals surface area contributed by atoms with Crippen molar-refractivity contribution in [2.45, 2.75) is 19.3 Å². The van der Waals surface area contributed by atoms with E-state index in [0.29, 0.717) is 5.69 Å². The first-order valence-corrected chi connectivity index (χ1v) is 3.88. The number of nitrogens with zero attached hydrogens (tertiary/aromatic N) is 3. The van der Waals surface area contributed by atoms with Crippen molar-refractivity contribution in [2.75, 3.05) is 0 Å². The molecule has 0 bridgehead atoms. The Labute approximate surface area is 77.3 Å². The van der Waals surface area contributed by atoms with Crippen LogP contribution in [0.3, 0.4) is 0 Å². The van der Waals surface area contributed by atoms with Crippen LogP contribution in [-0.4, -0.2) is 4.98 Å². The lowest BCUT2D eigenvalue weighted by atomic mass is 9.87. The molecule has 0 unspecified atom stereocenters. The Morgan fingerprint density at radius 1 is 1.31 bits per heavy atom. The fourth-order valence-electron chi connectivity index (χ4n) is 0.894. The molecule has 64 valence electrons. The highest BCUT2D eigenvalue weighted by Crippen LogP contribution is 2.20. The second-order valence-corrected chi connectivity index (χ2v) is 3.28. The molecule has 13 heavy (non-hydrogen) atoms. The Kier molecular flexibility index (Phi) is 2.30. The van der Waals surface area contributed by atoms with Gasteiger partial charge in [0, 0.05) is 6.20 Å². The van der Waals surface area contributed by atoms with E-state index in [1.807, 2.05) is 19.9 Å². The van der Waals surface area contributed by atoms with E-state index in [4.69, 9.17) is 10.5 Å². The Balaban J connectivity index is 3.09. The minimum atomic E-state index is -0.541. The molecule has 0 aliphatic carbocycles. The van der Waals surface area contributed by atoms with Crippen LogP contribution in [0.1, 0.15) is 25.1 Å². The standard InChI is InChI=1S/C10H9N3/c1-10(2,7-12)8-3-4-9(5-11)13-6-8/h3-4,6H,1-2H3. The third-order valence-electron chi connectivity index (χ3n) is 1.88. The van der Waals surface area contributed by atoms with E-state index in [1.54, 1.807) is 18.3 Å². The van der Waals surface area contributed by atoms with Crippen LogP contribution in [0.4, 0.5) is 0 Å². The molecule has 0 aliphatic heterocycles. The Morgan fingerprint density at radius 2 is 2.00 bits per heavy atom. The third-order valence-corrected chi connectivity index (χ3v) is 1.88. The summed E-state index contributed by atoms with van der Waals surface area (Å²) in [6.07, 6.45) is 1.57. The van der Waals surface area contributed by atoms with Crippen LogP contribution in [0.15, 0.2) is 18.3 Å². The maximum atomic E-state index is 8.83. The van der Waals surface area contributed by atoms with Gasteiger partial charge in [-0.05, 0) is 25.5 Å². The van der Waals surface area contributed by atoms with E-state index >= 15 is 0 Å². The Hall–Kier alpha value is -1.87. The number of hydrogen-bond acceptors (Lipinski definition) is 3. The number of nitriles is 2. The van der Waals surface area contributed by atoms with Gasteiger partial charge in [0.1, 0.15) is 11.8 Å². The number of aromatic nitrogens is 1. The van der Waals surface area contributed by atoms with E-state index in [1.165, 1.54) is 0 Å². The molecular formula is C10H9N3. The topological polar surface area (TPSA) is 60.5 Å². The lowest BCUT2D eigenvalue weighted by Crippen LogP contribution is -2.14. The Bertz CT molecular complexity index is 376. The predicted molar refractivity (Wildman–Crippen MR) is 47.6 cm³/mol. The lowest BCUT2D eigenvalue weighted by Gasteiger charge is -2.14. The van der Waals surface area contributed by atoms with Crippen molar-refractivity contribution in [2.24, 2.45) is 0 Å². The normalized spacial score (nSPS) is 10.2. The van der Waals surface area contributed by atoms with Crippen molar-refractivity contribution in [3.8, 4) is 12.1 Å². The van der Waals surface area contributed by atoms with E-state index < -0.39 is 5.41 Å². The van der Waals surface area contributed by atoms with Crippen LogP contribution in [0.2, 0.25) is 0 Å². The summed E-state index contributed by atoms with van der Waals surface area (Å²) >= 11 is 0. The Morgan fingerprint density at radius 3 is 2.38 bits per heavy atom. The third kappa shape index (κ3) is 1.83. The van der Waals surface area contributed by atoms with Crippen LogP contribution >= 0.6 is 0 Å². The summed E-state index contributed by atoms with van der Waals surface area (Å²) in [5.74, 6) is 0. The van der Waals surface area contributed by atoms with Gasteiger partial charge < -0.3 is 0 Å². The molecule has 1 aromatic heterocycles. The molecule has 0 saturated heterocycles. The largest absolute Gasteiger partial charge is 0.245 e. The molecule has 3 nitrogen and oxygen atoms in total. The van der Waals surface area contributed by atoms with Crippen molar-refractivity contribution in [3.63, 3.8) is 0 Å². The zero-order valence-electron chi connectivity index (χ0n) is 7.57. The van der Waals surface area contributed by atoms with E-state index in [-0.39, 0.29) is 0 Å². The monoisotopic (exact) mass is 171 g/mol. The average Bonchev–Trinajstić information content (AvgIpc) is 2.18. The van der Waals surface area contributed by atoms with E-state index in [0.717, 1.165) is 5.56 Å². The van der Waals surface area contributed by atoms with Gasteiger partial charge in [0.25, 0.3) is 0 Å². The maximum Gasteiger partial charge on any atom is 0.140 e. The lowest BCUT2D eigenvalue weighted by molar-refractivity contribution is 0.682. The highest BCUT2D eigenvalue weighted by molar-refractivity contribution is 5.31. The van der Waals surface area contributed by atoms with Gasteiger partial charge in [-0.2, -0.15) is 10.5 Å². The van der Waals surface area contributed by atoms with Crippen LogP contribution < -0.4 is 0 Å². The highest BCUT2D eigenvalue weighted by Gasteiger charge is 2.19. The van der Waals surface area contributed by atoms with Gasteiger partial charge in [-0.15, -0.1) is 0 Å². The summed E-state index contributed by atoms with van der Waals surface area (Å²) < 4.78 is 0. The molecule has 0 atom stereocenters. The quantitative estimate of drug-likeness (QED) is 0.646. The average molecular weight is 171 g/mol. The zero-order chi connectivity index (χ0) is 9.90. The summed E-state index contributed by atoms with van der Waals surface area (Å²) in [7, 11) is 0. The molecule has 1 rings (SSSR count). The van der Waals surface area contributed by atoms with Crippen molar-refractivity contribution in [3.05, 3.63) is 29.6 Å². The first-order valence-electron chi connectivity index (χ1n) is 3.88. The molecule has 0 N–H and O–H groups in total. The van der Waals surface area contributed by atoms with Gasteiger partial charge in [-0.25, -0.2) is 4.98 Å². The van der Waals surface area contributed by atoms with Crippen LogP contribution in [0, 0.1) is 22.7 Å². The highest BCUT2D eigenvalue weighted by atomic mass is 14.7. The first kappa shape index (κ1) is 9.22. The molecule has 0 saturated carbocycles. The number of pyridine rings is 1. The van der Waals surface area contributed by atoms with Crippen molar-refractivity contribution in [1.29, 1.82) is 10.5 Å². The van der Waals surface area contributed by atoms with Gasteiger partial charge in [0.05, 0.1) is 11.5 Å². The fourth-order valence-corrected chi connectivity index (χ4v) is 0.894. The predicted octanol–water partition coefficient (Wildman–Crippen LogP) is 1.75. The summed E-state index contributed by atoms with van der Waals surface area (Å²) in [6.45, 7) is 3.63. The van der Waals surface area contributed by atoms with Gasteiger partial charge in [-0.1, -0.05) is 6.07 Å². The van der Waals surface area contributed by atoms with Gasteiger partial charge in [0.2, 0.25) is 0 Å². The van der Waals surface area contributed by atoms with Crippen molar-refractivity contribution >= 4 is 0 Å². The van der Waals surface area contributed by atoms with E-state index in [2.05, 4.69) is 11.1 Å². The van der Waals surface area contributed by atoms with Crippen LogP contribution in [0.5, 0.6) is 0 Å². The van der Waals surface area contributed by atoms with Crippen LogP contribution in [-0.2, 0) is 5.41 Å². The van der Waals surface area contributed by atoms with Gasteiger partial charge >= 0.3 is 0 Å². The molecule has 0 amide bonds. The molecular weight excluding hydrogens is 162 g/mol. The van der Waals surface area contributed by atoms with E-state index in [9.17, 15) is 0 Å². The minimum Gasteiger partial charge on any atom is -0.245 e. The molecule has 0 fully saturated rings. The fraction of sp³-hybridized carbons (Fsp3) is 0.300. The molecule has 1 aromatic rings.